The Morgan fingerprint density at radius 1 is 1.12 bits per heavy atom. The zero-order chi connectivity index (χ0) is 18.4. The molecule has 0 saturated heterocycles. The fourth-order valence-corrected chi connectivity index (χ4v) is 5.25. The average Bonchev–Trinajstić information content (AvgIpc) is 3.48. The maximum Gasteiger partial charge on any atom is 0.0570 e. The standard InChI is InChI=1S/C22H26Br2N2/c1-12(2)22-19(24)8-16(11-25-22)18-7-15(18)6-13(3)20-9-17(23)10-21(26-20)14-4-5-14/h8-15,18H,4-7H2,1-3H3. The number of pyridine rings is 2. The normalized spacial score (nSPS) is 23.3. The third kappa shape index (κ3) is 4.06. The van der Waals surface area contributed by atoms with Crippen molar-refractivity contribution in [2.24, 2.45) is 5.92 Å². The highest BCUT2D eigenvalue weighted by atomic mass is 79.9. The molecule has 2 aromatic rings. The Balaban J connectivity index is 1.42. The Morgan fingerprint density at radius 3 is 2.54 bits per heavy atom. The van der Waals surface area contributed by atoms with Crippen LogP contribution in [0.1, 0.15) is 92.8 Å². The molecule has 2 saturated carbocycles. The van der Waals surface area contributed by atoms with Gasteiger partial charge in [0.15, 0.2) is 0 Å². The van der Waals surface area contributed by atoms with Gasteiger partial charge in [-0.1, -0.05) is 36.7 Å². The zero-order valence-corrected chi connectivity index (χ0v) is 18.8. The van der Waals surface area contributed by atoms with E-state index < -0.39 is 0 Å². The number of rotatable bonds is 6. The van der Waals surface area contributed by atoms with Gasteiger partial charge in [-0.05, 0) is 89.0 Å². The molecule has 138 valence electrons. The van der Waals surface area contributed by atoms with E-state index in [0.29, 0.717) is 23.7 Å². The number of hydrogen-bond acceptors (Lipinski definition) is 2. The summed E-state index contributed by atoms with van der Waals surface area (Å²) < 4.78 is 2.34. The Morgan fingerprint density at radius 2 is 1.88 bits per heavy atom. The van der Waals surface area contributed by atoms with Crippen LogP contribution in [0.3, 0.4) is 0 Å². The second-order valence-electron chi connectivity index (χ2n) is 8.44. The van der Waals surface area contributed by atoms with E-state index in [1.807, 2.05) is 0 Å². The molecule has 4 rings (SSSR count). The lowest BCUT2D eigenvalue weighted by Gasteiger charge is -2.13. The van der Waals surface area contributed by atoms with Crippen molar-refractivity contribution in [2.75, 3.05) is 0 Å². The van der Waals surface area contributed by atoms with Crippen LogP contribution in [0.25, 0.3) is 0 Å². The summed E-state index contributed by atoms with van der Waals surface area (Å²) in [5.41, 5.74) is 5.08. The van der Waals surface area contributed by atoms with Gasteiger partial charge in [0.25, 0.3) is 0 Å². The number of nitrogens with zero attached hydrogens (tertiary/aromatic N) is 2. The lowest BCUT2D eigenvalue weighted by molar-refractivity contribution is 0.590. The fourth-order valence-electron chi connectivity index (χ4n) is 3.96. The maximum atomic E-state index is 4.97. The number of aromatic nitrogens is 2. The summed E-state index contributed by atoms with van der Waals surface area (Å²) >= 11 is 7.39. The molecule has 3 atom stereocenters. The second kappa shape index (κ2) is 7.35. The van der Waals surface area contributed by atoms with Crippen molar-refractivity contribution in [3.63, 3.8) is 0 Å². The Hall–Kier alpha value is -0.740. The van der Waals surface area contributed by atoms with E-state index in [-0.39, 0.29) is 0 Å². The van der Waals surface area contributed by atoms with Crippen molar-refractivity contribution >= 4 is 31.9 Å². The van der Waals surface area contributed by atoms with Gasteiger partial charge < -0.3 is 0 Å². The predicted molar refractivity (Wildman–Crippen MR) is 114 cm³/mol. The van der Waals surface area contributed by atoms with E-state index >= 15 is 0 Å². The third-order valence-corrected chi connectivity index (χ3v) is 6.87. The number of hydrogen-bond donors (Lipinski definition) is 0. The molecule has 0 radical (unpaired) electrons. The molecule has 0 spiro atoms. The summed E-state index contributed by atoms with van der Waals surface area (Å²) in [6.45, 7) is 6.71. The van der Waals surface area contributed by atoms with Crippen molar-refractivity contribution in [2.45, 2.75) is 70.1 Å². The molecule has 0 N–H and O–H groups in total. The lowest BCUT2D eigenvalue weighted by Crippen LogP contribution is -2.02. The van der Waals surface area contributed by atoms with Crippen molar-refractivity contribution in [1.29, 1.82) is 0 Å². The van der Waals surface area contributed by atoms with Crippen molar-refractivity contribution in [3.8, 4) is 0 Å². The van der Waals surface area contributed by atoms with Gasteiger partial charge >= 0.3 is 0 Å². The maximum absolute atomic E-state index is 4.97. The highest BCUT2D eigenvalue weighted by Gasteiger charge is 2.40. The van der Waals surface area contributed by atoms with Gasteiger partial charge in [-0.25, -0.2) is 0 Å². The predicted octanol–water partition coefficient (Wildman–Crippen LogP) is 7.30. The molecule has 3 unspecified atom stereocenters. The Labute approximate surface area is 173 Å². The van der Waals surface area contributed by atoms with Gasteiger partial charge in [-0.2, -0.15) is 0 Å². The fraction of sp³-hybridized carbons (Fsp3) is 0.545. The zero-order valence-electron chi connectivity index (χ0n) is 15.7. The first-order chi connectivity index (χ1) is 12.4. The van der Waals surface area contributed by atoms with Crippen molar-refractivity contribution in [1.82, 2.24) is 9.97 Å². The molecule has 2 heterocycles. The van der Waals surface area contributed by atoms with E-state index in [4.69, 9.17) is 9.97 Å². The summed E-state index contributed by atoms with van der Waals surface area (Å²) in [6, 6.07) is 6.71. The topological polar surface area (TPSA) is 25.8 Å². The van der Waals surface area contributed by atoms with Crippen LogP contribution < -0.4 is 0 Å². The minimum atomic E-state index is 0.455. The first-order valence-corrected chi connectivity index (χ1v) is 11.3. The minimum absolute atomic E-state index is 0.455. The summed E-state index contributed by atoms with van der Waals surface area (Å²) in [6.07, 6.45) is 7.19. The highest BCUT2D eigenvalue weighted by molar-refractivity contribution is 9.10. The van der Waals surface area contributed by atoms with Crippen LogP contribution in [0.4, 0.5) is 0 Å². The summed E-state index contributed by atoms with van der Waals surface area (Å²) in [5, 5.41) is 0. The summed E-state index contributed by atoms with van der Waals surface area (Å²) in [7, 11) is 0. The molecule has 26 heavy (non-hydrogen) atoms. The first-order valence-electron chi connectivity index (χ1n) is 9.75. The van der Waals surface area contributed by atoms with Gasteiger partial charge in [-0.3, -0.25) is 9.97 Å². The molecule has 2 aliphatic rings. The Kier molecular flexibility index (Phi) is 5.26. The van der Waals surface area contributed by atoms with Crippen LogP contribution in [0.15, 0.2) is 33.3 Å². The van der Waals surface area contributed by atoms with Gasteiger partial charge in [0.2, 0.25) is 0 Å². The molecule has 2 nitrogen and oxygen atoms in total. The largest absolute Gasteiger partial charge is 0.260 e. The van der Waals surface area contributed by atoms with E-state index in [9.17, 15) is 0 Å². The van der Waals surface area contributed by atoms with E-state index in [1.54, 1.807) is 0 Å². The van der Waals surface area contributed by atoms with E-state index in [2.05, 4.69) is 77.0 Å². The van der Waals surface area contributed by atoms with Crippen LogP contribution in [0.5, 0.6) is 0 Å². The average molecular weight is 478 g/mol. The monoisotopic (exact) mass is 476 g/mol. The van der Waals surface area contributed by atoms with Crippen LogP contribution >= 0.6 is 31.9 Å². The van der Waals surface area contributed by atoms with Crippen molar-refractivity contribution < 1.29 is 0 Å². The SMILES string of the molecule is CC(C)c1ncc(C2CC2CC(C)c2cc(Br)cc(C3CC3)n2)cc1Br. The van der Waals surface area contributed by atoms with Crippen LogP contribution in [0, 0.1) is 5.92 Å². The molecule has 0 aliphatic heterocycles. The van der Waals surface area contributed by atoms with Crippen LogP contribution in [0.2, 0.25) is 0 Å². The van der Waals surface area contributed by atoms with E-state index in [1.165, 1.54) is 47.1 Å². The number of halogens is 2. The van der Waals surface area contributed by atoms with Crippen molar-refractivity contribution in [3.05, 3.63) is 56.0 Å². The van der Waals surface area contributed by atoms with Gasteiger partial charge in [0.1, 0.15) is 0 Å². The molecule has 2 aromatic heterocycles. The smallest absolute Gasteiger partial charge is 0.0570 e. The van der Waals surface area contributed by atoms with Crippen LogP contribution in [-0.2, 0) is 0 Å². The molecular formula is C22H26Br2N2. The summed E-state index contributed by atoms with van der Waals surface area (Å²) in [4.78, 5) is 9.66. The second-order valence-corrected chi connectivity index (χ2v) is 10.2. The van der Waals surface area contributed by atoms with Crippen LogP contribution in [-0.4, -0.2) is 9.97 Å². The Bertz CT molecular complexity index is 814. The van der Waals surface area contributed by atoms with Gasteiger partial charge in [0, 0.05) is 32.4 Å². The quantitative estimate of drug-likeness (QED) is 0.436. The van der Waals surface area contributed by atoms with Gasteiger partial charge in [-0.15, -0.1) is 0 Å². The molecule has 0 amide bonds. The molecular weight excluding hydrogens is 452 g/mol. The molecule has 0 aromatic carbocycles. The first kappa shape index (κ1) is 18.6. The molecule has 4 heteroatoms. The third-order valence-electron chi connectivity index (χ3n) is 5.77. The van der Waals surface area contributed by atoms with Gasteiger partial charge in [0.05, 0.1) is 5.69 Å². The molecule has 0 bridgehead atoms. The lowest BCUT2D eigenvalue weighted by atomic mass is 9.97. The van der Waals surface area contributed by atoms with E-state index in [0.717, 1.165) is 16.1 Å². The summed E-state index contributed by atoms with van der Waals surface area (Å²) in [5.74, 6) is 3.09. The highest BCUT2D eigenvalue weighted by Crippen LogP contribution is 2.52. The molecule has 2 aliphatic carbocycles. The minimum Gasteiger partial charge on any atom is -0.260 e. The molecule has 2 fully saturated rings.